The standard InChI is InChI=1S/C18H16N6O2/c25-17-13(11-20-18(26)23-17)6-8-19-16-10-14(12-4-2-1-3-5-12)22-15-7-9-21-24(15)16/h1-5,7,9-11,19H,6,8H2,(H2,20,23,25,26). The van der Waals surface area contributed by atoms with Gasteiger partial charge in [-0.3, -0.25) is 9.78 Å². The van der Waals surface area contributed by atoms with Crippen LogP contribution in [0.1, 0.15) is 5.56 Å². The summed E-state index contributed by atoms with van der Waals surface area (Å²) in [5.74, 6) is 0.778. The second-order valence-electron chi connectivity index (χ2n) is 5.77. The molecule has 0 unspecified atom stereocenters. The highest BCUT2D eigenvalue weighted by molar-refractivity contribution is 5.66. The van der Waals surface area contributed by atoms with E-state index in [0.29, 0.717) is 18.5 Å². The first-order valence-corrected chi connectivity index (χ1v) is 8.16. The third kappa shape index (κ3) is 3.12. The van der Waals surface area contributed by atoms with Gasteiger partial charge in [0.05, 0.1) is 11.9 Å². The molecule has 3 N–H and O–H groups in total. The molecular weight excluding hydrogens is 332 g/mol. The molecular formula is C18H16N6O2. The van der Waals surface area contributed by atoms with Gasteiger partial charge in [0.25, 0.3) is 5.56 Å². The molecule has 3 aromatic heterocycles. The molecule has 4 rings (SSSR count). The topological polar surface area (TPSA) is 108 Å². The van der Waals surface area contributed by atoms with Gasteiger partial charge in [0.15, 0.2) is 5.65 Å². The highest BCUT2D eigenvalue weighted by Gasteiger charge is 2.08. The van der Waals surface area contributed by atoms with Crippen LogP contribution in [-0.4, -0.2) is 31.1 Å². The summed E-state index contributed by atoms with van der Waals surface area (Å²) in [7, 11) is 0. The van der Waals surface area contributed by atoms with Gasteiger partial charge in [-0.05, 0) is 6.42 Å². The van der Waals surface area contributed by atoms with Crippen LogP contribution in [0.5, 0.6) is 0 Å². The van der Waals surface area contributed by atoms with Crippen LogP contribution >= 0.6 is 0 Å². The molecule has 8 nitrogen and oxygen atoms in total. The molecule has 3 heterocycles. The third-order valence-electron chi connectivity index (χ3n) is 4.03. The lowest BCUT2D eigenvalue weighted by Crippen LogP contribution is -2.25. The van der Waals surface area contributed by atoms with E-state index in [-0.39, 0.29) is 5.56 Å². The maximum absolute atomic E-state index is 11.8. The van der Waals surface area contributed by atoms with Crippen molar-refractivity contribution < 1.29 is 0 Å². The van der Waals surface area contributed by atoms with E-state index in [1.54, 1.807) is 10.7 Å². The Kier molecular flexibility index (Phi) is 4.06. The lowest BCUT2D eigenvalue weighted by atomic mass is 10.1. The second kappa shape index (κ2) is 6.67. The Balaban J connectivity index is 1.60. The maximum Gasteiger partial charge on any atom is 0.325 e. The Hall–Kier alpha value is -3.68. The monoisotopic (exact) mass is 348 g/mol. The molecule has 0 aliphatic carbocycles. The zero-order chi connectivity index (χ0) is 17.9. The van der Waals surface area contributed by atoms with Gasteiger partial charge in [0.1, 0.15) is 5.82 Å². The number of hydrogen-bond acceptors (Lipinski definition) is 5. The molecule has 1 aromatic carbocycles. The van der Waals surface area contributed by atoms with Crippen molar-refractivity contribution in [1.82, 2.24) is 24.6 Å². The van der Waals surface area contributed by atoms with Gasteiger partial charge in [0.2, 0.25) is 0 Å². The van der Waals surface area contributed by atoms with E-state index >= 15 is 0 Å². The predicted octanol–water partition coefficient (Wildman–Crippen LogP) is 1.43. The van der Waals surface area contributed by atoms with Crippen LogP contribution in [-0.2, 0) is 6.42 Å². The number of benzene rings is 1. The van der Waals surface area contributed by atoms with Crippen molar-refractivity contribution >= 4 is 11.5 Å². The molecule has 4 aromatic rings. The summed E-state index contributed by atoms with van der Waals surface area (Å²) in [5, 5.41) is 7.57. The van der Waals surface area contributed by atoms with Crippen LogP contribution < -0.4 is 16.6 Å². The highest BCUT2D eigenvalue weighted by Crippen LogP contribution is 2.21. The van der Waals surface area contributed by atoms with Gasteiger partial charge in [-0.1, -0.05) is 30.3 Å². The van der Waals surface area contributed by atoms with Crippen LogP contribution in [0.2, 0.25) is 0 Å². The summed E-state index contributed by atoms with van der Waals surface area (Å²) < 4.78 is 1.71. The second-order valence-corrected chi connectivity index (χ2v) is 5.77. The summed E-state index contributed by atoms with van der Waals surface area (Å²) in [6.45, 7) is 0.502. The number of aromatic nitrogens is 5. The largest absolute Gasteiger partial charge is 0.370 e. The molecule has 0 aliphatic heterocycles. The fourth-order valence-corrected chi connectivity index (χ4v) is 2.74. The average Bonchev–Trinajstić information content (AvgIpc) is 3.13. The maximum atomic E-state index is 11.8. The number of nitrogens with zero attached hydrogens (tertiary/aromatic N) is 3. The molecule has 0 radical (unpaired) electrons. The summed E-state index contributed by atoms with van der Waals surface area (Å²) in [4.78, 5) is 32.2. The van der Waals surface area contributed by atoms with E-state index in [2.05, 4.69) is 25.4 Å². The fourth-order valence-electron chi connectivity index (χ4n) is 2.74. The van der Waals surface area contributed by atoms with Crippen molar-refractivity contribution in [1.29, 1.82) is 0 Å². The van der Waals surface area contributed by atoms with Gasteiger partial charge in [0, 0.05) is 36.0 Å². The van der Waals surface area contributed by atoms with Crippen LogP contribution in [0.25, 0.3) is 16.9 Å². The zero-order valence-corrected chi connectivity index (χ0v) is 13.8. The average molecular weight is 348 g/mol. The molecule has 0 amide bonds. The van der Waals surface area contributed by atoms with Gasteiger partial charge < -0.3 is 10.3 Å². The lowest BCUT2D eigenvalue weighted by molar-refractivity contribution is 0.894. The summed E-state index contributed by atoms with van der Waals surface area (Å²) >= 11 is 0. The summed E-state index contributed by atoms with van der Waals surface area (Å²) in [6.07, 6.45) is 3.58. The van der Waals surface area contributed by atoms with E-state index in [1.165, 1.54) is 6.20 Å². The van der Waals surface area contributed by atoms with E-state index in [0.717, 1.165) is 22.7 Å². The van der Waals surface area contributed by atoms with Crippen LogP contribution in [0, 0.1) is 0 Å². The van der Waals surface area contributed by atoms with Gasteiger partial charge in [-0.15, -0.1) is 0 Å². The molecule has 0 aliphatic rings. The predicted molar refractivity (Wildman–Crippen MR) is 98.3 cm³/mol. The van der Waals surface area contributed by atoms with Crippen molar-refractivity contribution in [3.05, 3.63) is 81.3 Å². The molecule has 26 heavy (non-hydrogen) atoms. The normalized spacial score (nSPS) is 10.9. The van der Waals surface area contributed by atoms with Gasteiger partial charge >= 0.3 is 5.69 Å². The number of nitrogens with one attached hydrogen (secondary N) is 3. The van der Waals surface area contributed by atoms with E-state index in [1.807, 2.05) is 42.5 Å². The minimum atomic E-state index is -0.508. The van der Waals surface area contributed by atoms with E-state index in [4.69, 9.17) is 0 Å². The lowest BCUT2D eigenvalue weighted by Gasteiger charge is -2.10. The van der Waals surface area contributed by atoms with Crippen molar-refractivity contribution in [2.24, 2.45) is 0 Å². The molecule has 0 saturated carbocycles. The number of H-pyrrole nitrogens is 2. The Morgan fingerprint density at radius 3 is 2.77 bits per heavy atom. The van der Waals surface area contributed by atoms with Gasteiger partial charge in [-0.25, -0.2) is 9.78 Å². The fraction of sp³-hybridized carbons (Fsp3) is 0.111. The first kappa shape index (κ1) is 15.8. The summed E-state index contributed by atoms with van der Waals surface area (Å²) in [5.41, 5.74) is 2.20. The van der Waals surface area contributed by atoms with Crippen LogP contribution in [0.4, 0.5) is 5.82 Å². The van der Waals surface area contributed by atoms with Gasteiger partial charge in [-0.2, -0.15) is 9.61 Å². The van der Waals surface area contributed by atoms with E-state index in [9.17, 15) is 9.59 Å². The quantitative estimate of drug-likeness (QED) is 0.506. The smallest absolute Gasteiger partial charge is 0.325 e. The molecule has 0 spiro atoms. The first-order valence-electron chi connectivity index (χ1n) is 8.16. The molecule has 0 bridgehead atoms. The number of rotatable bonds is 5. The molecule has 0 atom stereocenters. The Bertz CT molecular complexity index is 1160. The van der Waals surface area contributed by atoms with Crippen LogP contribution in [0.15, 0.2) is 64.4 Å². The Morgan fingerprint density at radius 2 is 1.96 bits per heavy atom. The minimum absolute atomic E-state index is 0.375. The third-order valence-corrected chi connectivity index (χ3v) is 4.03. The number of fused-ring (bicyclic) bond motifs is 1. The van der Waals surface area contributed by atoms with Crippen LogP contribution in [0.3, 0.4) is 0 Å². The Labute approximate surface area is 147 Å². The van der Waals surface area contributed by atoms with Crippen molar-refractivity contribution in [3.63, 3.8) is 0 Å². The first-order chi connectivity index (χ1) is 12.7. The Morgan fingerprint density at radius 1 is 1.12 bits per heavy atom. The summed E-state index contributed by atoms with van der Waals surface area (Å²) in [6, 6.07) is 13.6. The number of hydrogen-bond donors (Lipinski definition) is 3. The van der Waals surface area contributed by atoms with Crippen molar-refractivity contribution in [3.8, 4) is 11.3 Å². The number of anilines is 1. The van der Waals surface area contributed by atoms with Crippen molar-refractivity contribution in [2.75, 3.05) is 11.9 Å². The molecule has 8 heteroatoms. The zero-order valence-electron chi connectivity index (χ0n) is 13.8. The molecule has 0 saturated heterocycles. The molecule has 130 valence electrons. The SMILES string of the molecule is O=c1[nH]cc(CCNc2cc(-c3ccccc3)nc3ccnn23)c(=O)[nH]1. The molecule has 0 fully saturated rings. The van der Waals surface area contributed by atoms with E-state index < -0.39 is 5.69 Å². The highest BCUT2D eigenvalue weighted by atomic mass is 16.2. The number of aromatic amines is 2. The van der Waals surface area contributed by atoms with Crippen molar-refractivity contribution in [2.45, 2.75) is 6.42 Å². The minimum Gasteiger partial charge on any atom is -0.370 e.